The Bertz CT molecular complexity index is 161. The van der Waals surface area contributed by atoms with Crippen molar-refractivity contribution in [1.29, 1.82) is 0 Å². The molecule has 0 aliphatic heterocycles. The second-order valence-electron chi connectivity index (χ2n) is 2.90. The van der Waals surface area contributed by atoms with Crippen molar-refractivity contribution in [3.8, 4) is 0 Å². The molecule has 0 rings (SSSR count). The van der Waals surface area contributed by atoms with E-state index in [1.807, 2.05) is 38.0 Å². The molecule has 0 saturated heterocycles. The second-order valence-corrected chi connectivity index (χ2v) is 2.90. The van der Waals surface area contributed by atoms with Gasteiger partial charge in [-0.15, -0.1) is 0 Å². The molecule has 0 atom stereocenters. The lowest BCUT2D eigenvalue weighted by molar-refractivity contribution is -0.112. The van der Waals surface area contributed by atoms with Gasteiger partial charge in [-0.05, 0) is 6.92 Å². The lowest BCUT2D eigenvalue weighted by Crippen LogP contribution is -2.25. The molecule has 0 spiro atoms. The Morgan fingerprint density at radius 2 is 1.45 bits per heavy atom. The van der Waals surface area contributed by atoms with Crippen LogP contribution in [0.3, 0.4) is 0 Å². The Morgan fingerprint density at radius 1 is 1.09 bits per heavy atom. The molecule has 0 saturated carbocycles. The van der Waals surface area contributed by atoms with E-state index in [-0.39, 0.29) is 5.78 Å². The third-order valence-electron chi connectivity index (χ3n) is 1.25. The lowest BCUT2D eigenvalue weighted by atomic mass is 10.4. The fraction of sp³-hybridized carbons (Fsp3) is 0.625. The summed E-state index contributed by atoms with van der Waals surface area (Å²) in [5.41, 5.74) is 0. The van der Waals surface area contributed by atoms with Crippen LogP contribution in [0, 0.1) is 0 Å². The van der Waals surface area contributed by atoms with Gasteiger partial charge < -0.3 is 9.80 Å². The van der Waals surface area contributed by atoms with Crippen molar-refractivity contribution >= 4 is 5.78 Å². The van der Waals surface area contributed by atoms with Crippen molar-refractivity contribution in [3.63, 3.8) is 0 Å². The summed E-state index contributed by atoms with van der Waals surface area (Å²) in [7, 11) is 7.65. The predicted octanol–water partition coefficient (Wildman–Crippen LogP) is 0.540. The van der Waals surface area contributed by atoms with Gasteiger partial charge in [0.1, 0.15) is 5.82 Å². The summed E-state index contributed by atoms with van der Waals surface area (Å²) < 4.78 is 0. The van der Waals surface area contributed by atoms with Crippen LogP contribution in [0.5, 0.6) is 0 Å². The molecule has 0 aliphatic rings. The van der Waals surface area contributed by atoms with Gasteiger partial charge in [-0.25, -0.2) is 0 Å². The number of ketones is 1. The van der Waals surface area contributed by atoms with Crippen LogP contribution in [0.4, 0.5) is 0 Å². The van der Waals surface area contributed by atoms with Crippen LogP contribution in [-0.2, 0) is 4.79 Å². The van der Waals surface area contributed by atoms with Gasteiger partial charge >= 0.3 is 0 Å². The van der Waals surface area contributed by atoms with E-state index in [2.05, 4.69) is 0 Å². The molecule has 0 aliphatic carbocycles. The molecule has 0 N–H and O–H groups in total. The second kappa shape index (κ2) is 4.01. The van der Waals surface area contributed by atoms with Crippen molar-refractivity contribution < 1.29 is 4.79 Å². The number of rotatable bonds is 3. The van der Waals surface area contributed by atoms with Crippen LogP contribution >= 0.6 is 0 Å². The molecule has 0 radical (unpaired) electrons. The van der Waals surface area contributed by atoms with Crippen molar-refractivity contribution in [2.24, 2.45) is 0 Å². The Hall–Kier alpha value is -0.990. The van der Waals surface area contributed by atoms with Gasteiger partial charge in [0.05, 0.1) is 0 Å². The number of carbonyl (C=O) groups is 1. The maximum absolute atomic E-state index is 10.7. The first kappa shape index (κ1) is 10.0. The van der Waals surface area contributed by atoms with E-state index in [1.54, 1.807) is 13.0 Å². The number of allylic oxidation sites excluding steroid dienone is 1. The molecule has 3 heteroatoms. The summed E-state index contributed by atoms with van der Waals surface area (Å²) >= 11 is 0. The van der Waals surface area contributed by atoms with Gasteiger partial charge in [0.25, 0.3) is 0 Å². The summed E-state index contributed by atoms with van der Waals surface area (Å²) in [6.07, 6.45) is 1.61. The van der Waals surface area contributed by atoms with Crippen molar-refractivity contribution in [2.45, 2.75) is 6.92 Å². The topological polar surface area (TPSA) is 23.6 Å². The van der Waals surface area contributed by atoms with Crippen LogP contribution < -0.4 is 0 Å². The third-order valence-corrected chi connectivity index (χ3v) is 1.25. The summed E-state index contributed by atoms with van der Waals surface area (Å²) in [6.45, 7) is 1.55. The fourth-order valence-electron chi connectivity index (χ4n) is 0.840. The molecule has 3 nitrogen and oxygen atoms in total. The normalized spacial score (nSPS) is 8.82. The molecule has 0 aromatic carbocycles. The standard InChI is InChI=1S/C8H16N2O/c1-7(11)6-8(9(2)3)10(4)5/h6H,1-5H3. The summed E-state index contributed by atoms with van der Waals surface area (Å²) in [6, 6.07) is 0. The first-order valence-corrected chi connectivity index (χ1v) is 3.52. The van der Waals surface area contributed by atoms with E-state index in [0.29, 0.717) is 0 Å². The number of carbonyl (C=O) groups excluding carboxylic acids is 1. The van der Waals surface area contributed by atoms with Crippen LogP contribution in [0.2, 0.25) is 0 Å². The van der Waals surface area contributed by atoms with Crippen molar-refractivity contribution in [3.05, 3.63) is 11.9 Å². The molecule has 0 fully saturated rings. The highest BCUT2D eigenvalue weighted by Gasteiger charge is 2.02. The zero-order valence-electron chi connectivity index (χ0n) is 7.88. The zero-order valence-corrected chi connectivity index (χ0v) is 7.88. The largest absolute Gasteiger partial charge is 0.364 e. The number of nitrogens with zero attached hydrogens (tertiary/aromatic N) is 2. The van der Waals surface area contributed by atoms with Gasteiger partial charge in [0, 0.05) is 34.3 Å². The highest BCUT2D eigenvalue weighted by atomic mass is 16.1. The van der Waals surface area contributed by atoms with E-state index in [4.69, 9.17) is 0 Å². The highest BCUT2D eigenvalue weighted by molar-refractivity contribution is 5.87. The first-order valence-electron chi connectivity index (χ1n) is 3.52. The van der Waals surface area contributed by atoms with Gasteiger partial charge in [-0.2, -0.15) is 0 Å². The average Bonchev–Trinajstić information content (AvgIpc) is 1.81. The Labute approximate surface area is 68.3 Å². The Balaban J connectivity index is 4.46. The zero-order chi connectivity index (χ0) is 9.02. The molecular weight excluding hydrogens is 140 g/mol. The molecule has 0 aromatic rings. The van der Waals surface area contributed by atoms with E-state index in [0.717, 1.165) is 5.82 Å². The minimum atomic E-state index is 0.0717. The van der Waals surface area contributed by atoms with Crippen LogP contribution in [-0.4, -0.2) is 43.8 Å². The van der Waals surface area contributed by atoms with Crippen LogP contribution in [0.15, 0.2) is 11.9 Å². The quantitative estimate of drug-likeness (QED) is 0.557. The smallest absolute Gasteiger partial charge is 0.156 e. The average molecular weight is 156 g/mol. The van der Waals surface area contributed by atoms with E-state index in [1.165, 1.54) is 0 Å². The van der Waals surface area contributed by atoms with Crippen LogP contribution in [0.25, 0.3) is 0 Å². The Morgan fingerprint density at radius 3 is 1.55 bits per heavy atom. The minimum Gasteiger partial charge on any atom is -0.364 e. The number of hydrogen-bond acceptors (Lipinski definition) is 3. The molecule has 11 heavy (non-hydrogen) atoms. The molecule has 0 aromatic heterocycles. The SMILES string of the molecule is CC(=O)C=C(N(C)C)N(C)C. The summed E-state index contributed by atoms with van der Waals surface area (Å²) in [5.74, 6) is 0.986. The van der Waals surface area contributed by atoms with E-state index < -0.39 is 0 Å². The molecule has 0 bridgehead atoms. The summed E-state index contributed by atoms with van der Waals surface area (Å²) in [4.78, 5) is 14.5. The molecule has 0 amide bonds. The summed E-state index contributed by atoms with van der Waals surface area (Å²) in [5, 5.41) is 0. The third kappa shape index (κ3) is 3.65. The number of hydrogen-bond donors (Lipinski definition) is 0. The fourth-order valence-corrected chi connectivity index (χ4v) is 0.840. The van der Waals surface area contributed by atoms with E-state index >= 15 is 0 Å². The maximum atomic E-state index is 10.7. The molecular formula is C8H16N2O. The van der Waals surface area contributed by atoms with Gasteiger partial charge in [0.2, 0.25) is 0 Å². The first-order chi connectivity index (χ1) is 4.95. The lowest BCUT2D eigenvalue weighted by Gasteiger charge is -2.23. The minimum absolute atomic E-state index is 0.0717. The molecule has 0 heterocycles. The molecule has 0 unspecified atom stereocenters. The molecule has 64 valence electrons. The highest BCUT2D eigenvalue weighted by Crippen LogP contribution is 2.00. The van der Waals surface area contributed by atoms with Crippen molar-refractivity contribution in [2.75, 3.05) is 28.2 Å². The predicted molar refractivity (Wildman–Crippen MR) is 46.1 cm³/mol. The monoisotopic (exact) mass is 156 g/mol. The van der Waals surface area contributed by atoms with Crippen LogP contribution in [0.1, 0.15) is 6.92 Å². The Kier molecular flexibility index (Phi) is 3.65. The van der Waals surface area contributed by atoms with Gasteiger partial charge in [-0.1, -0.05) is 0 Å². The van der Waals surface area contributed by atoms with Gasteiger partial charge in [-0.3, -0.25) is 4.79 Å². The van der Waals surface area contributed by atoms with Crippen molar-refractivity contribution in [1.82, 2.24) is 9.80 Å². The van der Waals surface area contributed by atoms with E-state index in [9.17, 15) is 4.79 Å². The maximum Gasteiger partial charge on any atom is 0.156 e. The van der Waals surface area contributed by atoms with Gasteiger partial charge in [0.15, 0.2) is 5.78 Å².